The molecule has 0 aromatic heterocycles. The van der Waals surface area contributed by atoms with Crippen molar-refractivity contribution in [3.63, 3.8) is 0 Å². The van der Waals surface area contributed by atoms with Gasteiger partial charge in [-0.15, -0.1) is 0 Å². The second kappa shape index (κ2) is 18.5. The van der Waals surface area contributed by atoms with Crippen molar-refractivity contribution in [2.75, 3.05) is 14.7 Å². The van der Waals surface area contributed by atoms with Crippen LogP contribution >= 0.6 is 0 Å². The standard InChI is InChI=1S/C76H80BN3/c1-71(2,3)50-26-24-32-60(43-50)79-66-37-34-52(73(7,8)9)45-63(66)77-64-46-54-35-38-67(64)80(69-48-61(47-68(79)70(69)77)78(58-28-19-17-20-29-58)59-30-21-18-22-31-59)65-36-33-51(72(4,5)6)44-62(65)49-25-23-27-53(39-49)75(13,14)56-40-55(74(10,11)12)41-57(42-56)76(54,15)16/h17-48H,1-16H3. The van der Waals surface area contributed by atoms with E-state index in [-0.39, 0.29) is 39.2 Å². The van der Waals surface area contributed by atoms with Crippen molar-refractivity contribution in [3.05, 3.63) is 239 Å². The van der Waals surface area contributed by atoms with Crippen LogP contribution in [0.5, 0.6) is 0 Å². The molecule has 0 N–H and O–H groups in total. The van der Waals surface area contributed by atoms with Crippen molar-refractivity contribution in [2.45, 2.75) is 143 Å². The number of fused-ring (bicyclic) bond motifs is 3. The van der Waals surface area contributed by atoms with Gasteiger partial charge < -0.3 is 14.7 Å². The first kappa shape index (κ1) is 53.1. The van der Waals surface area contributed by atoms with E-state index in [0.29, 0.717) is 0 Å². The lowest BCUT2D eigenvalue weighted by Crippen LogP contribution is -2.61. The van der Waals surface area contributed by atoms with E-state index >= 15 is 0 Å². The van der Waals surface area contributed by atoms with E-state index < -0.39 is 0 Å². The quantitative estimate of drug-likeness (QED) is 0.163. The molecule has 0 saturated carbocycles. The Morgan fingerprint density at radius 1 is 0.338 bits per heavy atom. The molecule has 0 atom stereocenters. The van der Waals surface area contributed by atoms with Gasteiger partial charge >= 0.3 is 0 Å². The molecule has 80 heavy (non-hydrogen) atoms. The highest BCUT2D eigenvalue weighted by Gasteiger charge is 2.46. The van der Waals surface area contributed by atoms with Crippen LogP contribution in [0.2, 0.25) is 0 Å². The molecule has 13 rings (SSSR count). The molecule has 0 unspecified atom stereocenters. The molecule has 0 fully saturated rings. The third kappa shape index (κ3) is 8.89. The summed E-state index contributed by atoms with van der Waals surface area (Å²) >= 11 is 0. The summed E-state index contributed by atoms with van der Waals surface area (Å²) in [4.78, 5) is 7.73. The fourth-order valence-electron chi connectivity index (χ4n) is 12.8. The Morgan fingerprint density at radius 2 is 0.825 bits per heavy atom. The summed E-state index contributed by atoms with van der Waals surface area (Å²) in [6.45, 7) is 37.9. The lowest BCUT2D eigenvalue weighted by atomic mass is 9.33. The zero-order valence-electron chi connectivity index (χ0n) is 50.4. The van der Waals surface area contributed by atoms with Gasteiger partial charge in [0.15, 0.2) is 0 Å². The Kier molecular flexibility index (Phi) is 12.3. The topological polar surface area (TPSA) is 9.72 Å². The van der Waals surface area contributed by atoms with Crippen LogP contribution in [0.3, 0.4) is 0 Å². The average Bonchev–Trinajstić information content (AvgIpc) is 3.47. The van der Waals surface area contributed by atoms with Gasteiger partial charge in [-0.05, 0) is 161 Å². The maximum atomic E-state index is 2.67. The lowest BCUT2D eigenvalue weighted by molar-refractivity contribution is 0.570. The first-order valence-corrected chi connectivity index (χ1v) is 29.2. The van der Waals surface area contributed by atoms with Gasteiger partial charge in [-0.25, -0.2) is 0 Å². The fraction of sp³-hybridized carbons (Fsp3) is 0.289. The van der Waals surface area contributed by atoms with E-state index in [9.17, 15) is 0 Å². The van der Waals surface area contributed by atoms with Gasteiger partial charge in [0, 0.05) is 56.2 Å². The van der Waals surface area contributed by atoms with E-state index in [1.807, 2.05) is 0 Å². The smallest absolute Gasteiger partial charge is 0.252 e. The zero-order valence-corrected chi connectivity index (χ0v) is 50.4. The van der Waals surface area contributed by atoms with Crippen LogP contribution in [0.15, 0.2) is 194 Å². The second-order valence-corrected chi connectivity index (χ2v) is 28.5. The molecule has 4 heteroatoms. The van der Waals surface area contributed by atoms with Gasteiger partial charge in [-0.2, -0.15) is 0 Å². The van der Waals surface area contributed by atoms with Gasteiger partial charge in [0.05, 0.1) is 11.4 Å². The van der Waals surface area contributed by atoms with Crippen LogP contribution in [0.1, 0.15) is 155 Å². The highest BCUT2D eigenvalue weighted by Crippen LogP contribution is 2.52. The van der Waals surface area contributed by atoms with Crippen LogP contribution in [0.25, 0.3) is 11.1 Å². The van der Waals surface area contributed by atoms with Gasteiger partial charge in [-0.3, -0.25) is 0 Å². The molecule has 0 radical (unpaired) electrons. The first-order valence-electron chi connectivity index (χ1n) is 29.2. The third-order valence-electron chi connectivity index (χ3n) is 18.1. The molecule has 0 saturated heterocycles. The van der Waals surface area contributed by atoms with E-state index in [0.717, 1.165) is 28.4 Å². The Morgan fingerprint density at radius 3 is 1.41 bits per heavy atom. The van der Waals surface area contributed by atoms with Gasteiger partial charge in [0.1, 0.15) is 0 Å². The minimum absolute atomic E-state index is 0.0647. The molecule has 8 bridgehead atoms. The van der Waals surface area contributed by atoms with E-state index in [2.05, 4.69) is 320 Å². The largest absolute Gasteiger partial charge is 0.311 e. The monoisotopic (exact) mass is 1050 g/mol. The summed E-state index contributed by atoms with van der Waals surface area (Å²) in [6.07, 6.45) is 0. The normalized spacial score (nSPS) is 15.1. The number of para-hydroxylation sites is 2. The average molecular weight is 1050 g/mol. The molecule has 9 aromatic carbocycles. The number of benzene rings is 9. The predicted octanol–water partition coefficient (Wildman–Crippen LogP) is 19.1. The highest BCUT2D eigenvalue weighted by atomic mass is 15.2. The van der Waals surface area contributed by atoms with Crippen molar-refractivity contribution in [2.24, 2.45) is 0 Å². The molecule has 4 heterocycles. The summed E-state index contributed by atoms with van der Waals surface area (Å²) in [5.74, 6) is 0. The lowest BCUT2D eigenvalue weighted by Gasteiger charge is -2.46. The van der Waals surface area contributed by atoms with Gasteiger partial charge in [-0.1, -0.05) is 232 Å². The summed E-state index contributed by atoms with van der Waals surface area (Å²) < 4.78 is 0. The number of nitrogens with zero attached hydrogens (tertiary/aromatic N) is 3. The molecule has 0 spiro atoms. The van der Waals surface area contributed by atoms with Crippen LogP contribution < -0.4 is 31.1 Å². The van der Waals surface area contributed by atoms with E-state index in [1.54, 1.807) is 0 Å². The van der Waals surface area contributed by atoms with Crippen LogP contribution in [-0.4, -0.2) is 6.71 Å². The summed E-state index contributed by atoms with van der Waals surface area (Å²) in [7, 11) is 0. The molecular formula is C76H80BN3. The van der Waals surface area contributed by atoms with Crippen LogP contribution in [-0.2, 0) is 32.5 Å². The Bertz CT molecular complexity index is 3850. The van der Waals surface area contributed by atoms with Crippen molar-refractivity contribution < 1.29 is 0 Å². The maximum absolute atomic E-state index is 2.67. The minimum Gasteiger partial charge on any atom is -0.311 e. The van der Waals surface area contributed by atoms with Crippen LogP contribution in [0, 0.1) is 0 Å². The maximum Gasteiger partial charge on any atom is 0.252 e. The summed E-state index contributed by atoms with van der Waals surface area (Å²) in [6, 6.07) is 75.6. The Labute approximate surface area is 479 Å². The summed E-state index contributed by atoms with van der Waals surface area (Å²) in [5.41, 5.74) is 26.3. The van der Waals surface area contributed by atoms with Crippen molar-refractivity contribution in [1.82, 2.24) is 0 Å². The number of rotatable bonds is 4. The summed E-state index contributed by atoms with van der Waals surface area (Å²) in [5, 5.41) is 0. The van der Waals surface area contributed by atoms with Gasteiger partial charge in [0.25, 0.3) is 6.71 Å². The number of anilines is 9. The van der Waals surface area contributed by atoms with E-state index in [4.69, 9.17) is 0 Å². The first-order chi connectivity index (χ1) is 37.7. The predicted molar refractivity (Wildman–Crippen MR) is 346 cm³/mol. The van der Waals surface area contributed by atoms with Gasteiger partial charge in [0.2, 0.25) is 0 Å². The second-order valence-electron chi connectivity index (χ2n) is 28.5. The fourth-order valence-corrected chi connectivity index (χ4v) is 12.8. The zero-order chi connectivity index (χ0) is 56.6. The molecule has 3 nitrogen and oxygen atoms in total. The third-order valence-corrected chi connectivity index (χ3v) is 18.1. The van der Waals surface area contributed by atoms with Crippen LogP contribution in [0.4, 0.5) is 51.2 Å². The molecule has 4 aliphatic heterocycles. The highest BCUT2D eigenvalue weighted by molar-refractivity contribution is 7.00. The molecule has 4 aliphatic rings. The van der Waals surface area contributed by atoms with Crippen molar-refractivity contribution in [1.29, 1.82) is 0 Å². The molecule has 0 aliphatic carbocycles. The minimum atomic E-state index is -0.365. The molecule has 0 amide bonds. The SMILES string of the molecule is CC(C)(C)c1cccc(N2c3ccc(C(C)(C)C)cc3B3c4cc5ccc4N(c4ccc(C(C)(C)C)cc4-c4cccc(c4)C(C)(C)c4cc(C(C)(C)C)cc(c4)C5(C)C)c4cc(N(c5ccccc5)c5ccccc5)cc2c43)c1. The van der Waals surface area contributed by atoms with Crippen molar-refractivity contribution in [3.8, 4) is 11.1 Å². The molecular weight excluding hydrogens is 966 g/mol. The molecule has 9 aromatic rings. The Hall–Kier alpha value is -7.56. The number of hydrogen-bond donors (Lipinski definition) is 0. The van der Waals surface area contributed by atoms with E-state index in [1.165, 1.54) is 94.8 Å². The number of hydrogen-bond acceptors (Lipinski definition) is 3. The molecule has 402 valence electrons. The van der Waals surface area contributed by atoms with Crippen molar-refractivity contribution >= 4 is 74.3 Å². The Balaban J connectivity index is 1.28.